The zero-order chi connectivity index (χ0) is 19.1. The third-order valence-electron chi connectivity index (χ3n) is 3.20. The van der Waals surface area contributed by atoms with Crippen molar-refractivity contribution < 1.29 is 23.7 Å². The Labute approximate surface area is 158 Å². The van der Waals surface area contributed by atoms with Crippen LogP contribution in [0.2, 0.25) is 0 Å². The molecule has 0 radical (unpaired) electrons. The van der Waals surface area contributed by atoms with Gasteiger partial charge in [-0.05, 0) is 25.7 Å². The lowest BCUT2D eigenvalue weighted by Crippen LogP contribution is -2.28. The molecular formula is C19H36N2O5. The van der Waals surface area contributed by atoms with Crippen molar-refractivity contribution in [2.45, 2.75) is 45.4 Å². The predicted octanol–water partition coefficient (Wildman–Crippen LogP) is 2.09. The summed E-state index contributed by atoms with van der Waals surface area (Å²) in [5, 5.41) is 2.65. The molecule has 26 heavy (non-hydrogen) atoms. The van der Waals surface area contributed by atoms with Crippen molar-refractivity contribution >= 4 is 6.09 Å². The molecule has 0 saturated heterocycles. The topological polar surface area (TPSA) is 92.0 Å². The van der Waals surface area contributed by atoms with Crippen LogP contribution in [-0.2, 0) is 18.9 Å². The highest BCUT2D eigenvalue weighted by Gasteiger charge is 2.00. The van der Waals surface area contributed by atoms with Gasteiger partial charge in [-0.25, -0.2) is 4.79 Å². The molecule has 0 spiro atoms. The fourth-order valence-corrected chi connectivity index (χ4v) is 1.86. The molecule has 0 aromatic carbocycles. The Hall–Kier alpha value is -1.33. The van der Waals surface area contributed by atoms with Gasteiger partial charge in [0.2, 0.25) is 0 Å². The SMILES string of the molecule is CCCC#CCCCCCOC(=O)NCCOCCOCCOCCN. The summed E-state index contributed by atoms with van der Waals surface area (Å²) >= 11 is 0. The molecule has 0 aromatic heterocycles. The Morgan fingerprint density at radius 1 is 0.846 bits per heavy atom. The number of alkyl carbamates (subject to hydrolysis) is 1. The van der Waals surface area contributed by atoms with E-state index in [1.807, 2.05) is 0 Å². The second-order valence-corrected chi connectivity index (χ2v) is 5.60. The van der Waals surface area contributed by atoms with Gasteiger partial charge in [0.05, 0.1) is 46.2 Å². The molecule has 0 aliphatic heterocycles. The van der Waals surface area contributed by atoms with E-state index in [1.165, 1.54) is 0 Å². The summed E-state index contributed by atoms with van der Waals surface area (Å²) in [5.41, 5.74) is 5.29. The second-order valence-electron chi connectivity index (χ2n) is 5.60. The monoisotopic (exact) mass is 372 g/mol. The number of carbonyl (C=O) groups is 1. The van der Waals surface area contributed by atoms with E-state index in [4.69, 9.17) is 24.7 Å². The number of hydrogen-bond acceptors (Lipinski definition) is 6. The van der Waals surface area contributed by atoms with Gasteiger partial charge in [-0.15, -0.1) is 11.8 Å². The van der Waals surface area contributed by atoms with Crippen LogP contribution in [0.15, 0.2) is 0 Å². The zero-order valence-corrected chi connectivity index (χ0v) is 16.2. The van der Waals surface area contributed by atoms with Gasteiger partial charge in [-0.1, -0.05) is 6.92 Å². The molecule has 0 unspecified atom stereocenters. The summed E-state index contributed by atoms with van der Waals surface area (Å²) < 4.78 is 20.9. The van der Waals surface area contributed by atoms with Crippen LogP contribution >= 0.6 is 0 Å². The molecule has 7 nitrogen and oxygen atoms in total. The van der Waals surface area contributed by atoms with E-state index in [-0.39, 0.29) is 0 Å². The van der Waals surface area contributed by atoms with Crippen LogP contribution < -0.4 is 11.1 Å². The molecule has 1 amide bonds. The first-order valence-electron chi connectivity index (χ1n) is 9.60. The Kier molecular flexibility index (Phi) is 20.6. The lowest BCUT2D eigenvalue weighted by Gasteiger charge is -2.08. The van der Waals surface area contributed by atoms with Crippen molar-refractivity contribution in [2.75, 3.05) is 59.3 Å². The number of ether oxygens (including phenoxy) is 4. The van der Waals surface area contributed by atoms with E-state index in [9.17, 15) is 4.79 Å². The highest BCUT2D eigenvalue weighted by molar-refractivity contribution is 5.66. The largest absolute Gasteiger partial charge is 0.450 e. The molecule has 0 atom stereocenters. The lowest BCUT2D eigenvalue weighted by molar-refractivity contribution is 0.0165. The van der Waals surface area contributed by atoms with E-state index in [0.717, 1.165) is 38.5 Å². The van der Waals surface area contributed by atoms with Crippen LogP contribution in [0, 0.1) is 11.8 Å². The fraction of sp³-hybridized carbons (Fsp3) is 0.842. The minimum atomic E-state index is -0.398. The van der Waals surface area contributed by atoms with E-state index in [1.54, 1.807) is 0 Å². The molecule has 0 aliphatic carbocycles. The van der Waals surface area contributed by atoms with Crippen molar-refractivity contribution in [1.82, 2.24) is 5.32 Å². The third kappa shape index (κ3) is 20.7. The number of amides is 1. The quantitative estimate of drug-likeness (QED) is 0.300. The van der Waals surface area contributed by atoms with Crippen molar-refractivity contribution in [3.05, 3.63) is 0 Å². The van der Waals surface area contributed by atoms with Crippen molar-refractivity contribution in [1.29, 1.82) is 0 Å². The minimum Gasteiger partial charge on any atom is -0.450 e. The van der Waals surface area contributed by atoms with Crippen LogP contribution in [0.1, 0.15) is 45.4 Å². The molecular weight excluding hydrogens is 336 g/mol. The molecule has 7 heteroatoms. The van der Waals surface area contributed by atoms with Crippen LogP contribution in [0.5, 0.6) is 0 Å². The fourth-order valence-electron chi connectivity index (χ4n) is 1.86. The Bertz CT molecular complexity index is 369. The lowest BCUT2D eigenvalue weighted by atomic mass is 10.2. The maximum atomic E-state index is 11.5. The molecule has 0 aliphatic rings. The van der Waals surface area contributed by atoms with Crippen LogP contribution in [-0.4, -0.2) is 65.4 Å². The Morgan fingerprint density at radius 2 is 1.50 bits per heavy atom. The number of carbonyl (C=O) groups excluding carboxylic acids is 1. The molecule has 3 N–H and O–H groups in total. The smallest absolute Gasteiger partial charge is 0.407 e. The summed E-state index contributed by atoms with van der Waals surface area (Å²) in [7, 11) is 0. The predicted molar refractivity (Wildman–Crippen MR) is 102 cm³/mol. The van der Waals surface area contributed by atoms with Gasteiger partial charge in [0.1, 0.15) is 0 Å². The maximum Gasteiger partial charge on any atom is 0.407 e. The van der Waals surface area contributed by atoms with Gasteiger partial charge in [-0.3, -0.25) is 0 Å². The average molecular weight is 373 g/mol. The normalized spacial score (nSPS) is 10.2. The first-order valence-corrected chi connectivity index (χ1v) is 9.60. The molecule has 0 saturated carbocycles. The number of unbranched alkanes of at least 4 members (excludes halogenated alkanes) is 4. The van der Waals surface area contributed by atoms with Crippen LogP contribution in [0.25, 0.3) is 0 Å². The maximum absolute atomic E-state index is 11.5. The molecule has 0 heterocycles. The number of hydrogen-bond donors (Lipinski definition) is 2. The average Bonchev–Trinajstić information content (AvgIpc) is 2.64. The minimum absolute atomic E-state index is 0.398. The van der Waals surface area contributed by atoms with Crippen molar-refractivity contribution in [3.63, 3.8) is 0 Å². The van der Waals surface area contributed by atoms with Gasteiger partial charge in [0.25, 0.3) is 0 Å². The van der Waals surface area contributed by atoms with Crippen molar-refractivity contribution in [2.24, 2.45) is 5.73 Å². The summed E-state index contributed by atoms with van der Waals surface area (Å²) in [4.78, 5) is 11.5. The van der Waals surface area contributed by atoms with Gasteiger partial charge >= 0.3 is 6.09 Å². The Balaban J connectivity index is 3.19. The summed E-state index contributed by atoms with van der Waals surface area (Å²) in [6.07, 6.45) is 5.55. The molecule has 0 bridgehead atoms. The number of rotatable bonds is 17. The van der Waals surface area contributed by atoms with Crippen LogP contribution in [0.4, 0.5) is 4.79 Å². The molecule has 0 rings (SSSR count). The molecule has 152 valence electrons. The molecule has 0 aromatic rings. The van der Waals surface area contributed by atoms with Gasteiger partial charge in [-0.2, -0.15) is 0 Å². The highest BCUT2D eigenvalue weighted by atomic mass is 16.6. The van der Waals surface area contributed by atoms with E-state index < -0.39 is 6.09 Å². The standard InChI is InChI=1S/C19H36N2O5/c1-2-3-4-5-6-7-8-9-12-26-19(22)21-11-14-24-16-18-25-17-15-23-13-10-20/h2-3,6-18,20H2,1H3,(H,21,22). The molecule has 0 fully saturated rings. The summed E-state index contributed by atoms with van der Waals surface area (Å²) in [6, 6.07) is 0. The third-order valence-corrected chi connectivity index (χ3v) is 3.20. The van der Waals surface area contributed by atoms with Gasteiger partial charge in [0, 0.05) is 25.9 Å². The van der Waals surface area contributed by atoms with E-state index >= 15 is 0 Å². The Morgan fingerprint density at radius 3 is 2.19 bits per heavy atom. The number of nitrogens with two attached hydrogens (primary N) is 1. The van der Waals surface area contributed by atoms with Crippen LogP contribution in [0.3, 0.4) is 0 Å². The van der Waals surface area contributed by atoms with Gasteiger partial charge < -0.3 is 30.0 Å². The highest BCUT2D eigenvalue weighted by Crippen LogP contribution is 1.99. The summed E-state index contributed by atoms with van der Waals surface area (Å²) in [6.45, 7) is 6.53. The first-order chi connectivity index (χ1) is 12.8. The zero-order valence-electron chi connectivity index (χ0n) is 16.2. The van der Waals surface area contributed by atoms with Crippen molar-refractivity contribution in [3.8, 4) is 11.8 Å². The number of nitrogens with one attached hydrogen (secondary N) is 1. The summed E-state index contributed by atoms with van der Waals surface area (Å²) in [5.74, 6) is 6.27. The van der Waals surface area contributed by atoms with E-state index in [0.29, 0.717) is 59.3 Å². The second kappa shape index (κ2) is 21.7. The first kappa shape index (κ1) is 24.7. The van der Waals surface area contributed by atoms with E-state index in [2.05, 4.69) is 24.1 Å². The van der Waals surface area contributed by atoms with Gasteiger partial charge in [0.15, 0.2) is 0 Å².